The lowest BCUT2D eigenvalue weighted by Crippen LogP contribution is -2.47. The van der Waals surface area contributed by atoms with E-state index in [2.05, 4.69) is 81.4 Å². The zero-order chi connectivity index (χ0) is 26.4. The van der Waals surface area contributed by atoms with Crippen LogP contribution in [0, 0.1) is 5.41 Å². The maximum atomic E-state index is 12.5. The van der Waals surface area contributed by atoms with E-state index in [0.717, 1.165) is 16.7 Å². The molecule has 0 aromatic heterocycles. The molecule has 4 nitrogen and oxygen atoms in total. The van der Waals surface area contributed by atoms with Gasteiger partial charge in [-0.1, -0.05) is 112 Å². The van der Waals surface area contributed by atoms with Crippen LogP contribution < -0.4 is 15.1 Å². The molecule has 0 N–H and O–H groups in total. The van der Waals surface area contributed by atoms with Gasteiger partial charge in [-0.3, -0.25) is 0 Å². The number of hydrogen-bond donors (Lipinski definition) is 0. The van der Waals surface area contributed by atoms with Crippen LogP contribution in [-0.2, 0) is 9.16 Å². The van der Waals surface area contributed by atoms with Gasteiger partial charge in [-0.25, -0.2) is 4.79 Å². The molecule has 37 heavy (non-hydrogen) atoms. The molecule has 1 atom stereocenters. The van der Waals surface area contributed by atoms with Gasteiger partial charge in [0, 0.05) is 5.56 Å². The summed E-state index contributed by atoms with van der Waals surface area (Å²) >= 11 is 0. The summed E-state index contributed by atoms with van der Waals surface area (Å²) in [5.74, 6) is 0.230. The Hall–Kier alpha value is -3.67. The normalized spacial score (nSPS) is 12.3. The summed E-state index contributed by atoms with van der Waals surface area (Å²) in [6.07, 6.45) is -0.128. The average molecular weight is 511 g/mol. The molecule has 0 saturated heterocycles. The van der Waals surface area contributed by atoms with Crippen LogP contribution in [0.5, 0.6) is 5.75 Å². The van der Waals surface area contributed by atoms with Crippen molar-refractivity contribution in [3.8, 4) is 16.9 Å². The van der Waals surface area contributed by atoms with Crippen molar-refractivity contribution in [1.29, 1.82) is 0 Å². The smallest absolute Gasteiger partial charge is 0.338 e. The summed E-state index contributed by atoms with van der Waals surface area (Å²) in [5, 5.41) is 2.49. The molecule has 0 fully saturated rings. The topological polar surface area (TPSA) is 44.8 Å². The van der Waals surface area contributed by atoms with Gasteiger partial charge >= 0.3 is 5.97 Å². The Balaban J connectivity index is 1.74. The highest BCUT2D eigenvalue weighted by Gasteiger charge is 2.32. The Kier molecular flexibility index (Phi) is 8.26. The second-order valence-corrected chi connectivity index (χ2v) is 12.4. The van der Waals surface area contributed by atoms with Gasteiger partial charge in [0.15, 0.2) is 0 Å². The quantitative estimate of drug-likeness (QED) is 0.222. The first-order chi connectivity index (χ1) is 17.8. The zero-order valence-corrected chi connectivity index (χ0v) is 23.3. The predicted molar refractivity (Wildman–Crippen MR) is 152 cm³/mol. The van der Waals surface area contributed by atoms with Gasteiger partial charge in [0.25, 0.3) is 0 Å². The molecular formula is C32H34O4Si. The maximum Gasteiger partial charge on any atom is 0.338 e. The molecular weight excluding hydrogens is 476 g/mol. The summed E-state index contributed by atoms with van der Waals surface area (Å²) in [4.78, 5) is 12.5. The number of benzene rings is 4. The third-order valence-electron chi connectivity index (χ3n) is 6.42. The second-order valence-electron chi connectivity index (χ2n) is 10.1. The average Bonchev–Trinajstić information content (AvgIpc) is 2.93. The van der Waals surface area contributed by atoms with Gasteiger partial charge in [0.2, 0.25) is 9.04 Å². The monoisotopic (exact) mass is 510 g/mol. The predicted octanol–water partition coefficient (Wildman–Crippen LogP) is 5.79. The van der Waals surface area contributed by atoms with Crippen LogP contribution in [-0.4, -0.2) is 29.2 Å². The minimum Gasteiger partial charge on any atom is -0.496 e. The van der Waals surface area contributed by atoms with E-state index < -0.39 is 15.0 Å². The lowest BCUT2D eigenvalue weighted by Gasteiger charge is -2.35. The third kappa shape index (κ3) is 6.01. The molecule has 0 heterocycles. The number of carbonyl (C=O) groups excluding carboxylic acids is 1. The summed E-state index contributed by atoms with van der Waals surface area (Å²) in [7, 11) is 1.03. The van der Waals surface area contributed by atoms with E-state index in [9.17, 15) is 4.79 Å². The fourth-order valence-electron chi connectivity index (χ4n) is 4.63. The number of hydrogen-bond acceptors (Lipinski definition) is 4. The maximum absolute atomic E-state index is 12.5. The Morgan fingerprint density at radius 3 is 1.78 bits per heavy atom. The molecule has 0 aliphatic carbocycles. The number of rotatable bonds is 8. The minimum atomic E-state index is -1.97. The molecule has 0 spiro atoms. The highest BCUT2D eigenvalue weighted by atomic mass is 28.3. The first kappa shape index (κ1) is 26.4. The molecule has 0 aliphatic heterocycles. The molecule has 0 bridgehead atoms. The molecule has 4 aromatic carbocycles. The molecule has 5 heteroatoms. The second kappa shape index (κ2) is 11.6. The Labute approximate surface area is 221 Å². The van der Waals surface area contributed by atoms with Crippen molar-refractivity contribution < 1.29 is 18.7 Å². The molecule has 0 radical (unpaired) electrons. The number of ether oxygens (including phenoxy) is 2. The van der Waals surface area contributed by atoms with Crippen molar-refractivity contribution in [3.63, 3.8) is 0 Å². The molecule has 190 valence electrons. The van der Waals surface area contributed by atoms with Crippen molar-refractivity contribution in [2.45, 2.75) is 26.9 Å². The van der Waals surface area contributed by atoms with Gasteiger partial charge in [0.05, 0.1) is 25.9 Å². The first-order valence-corrected chi connectivity index (χ1v) is 14.1. The highest BCUT2D eigenvalue weighted by molar-refractivity contribution is 6.80. The lowest BCUT2D eigenvalue weighted by atomic mass is 9.84. The highest BCUT2D eigenvalue weighted by Crippen LogP contribution is 2.39. The molecule has 4 rings (SSSR count). The standard InChI is InChI=1S/C32H34O4Si/c1-32(2,3)30(36-37(25-13-8-6-9-14-25)26-15-10-7-11-16-26)24-21-19-23(20-22-24)29-27(31(33)35-5)17-12-18-28(29)34-4/h6-22,30,37H,1-5H3. The van der Waals surface area contributed by atoms with Crippen molar-refractivity contribution in [3.05, 3.63) is 114 Å². The van der Waals surface area contributed by atoms with Gasteiger partial charge in [-0.05, 0) is 39.0 Å². The van der Waals surface area contributed by atoms with Crippen molar-refractivity contribution in [1.82, 2.24) is 0 Å². The van der Waals surface area contributed by atoms with E-state index in [-0.39, 0.29) is 11.5 Å². The molecule has 0 amide bonds. The minimum absolute atomic E-state index is 0.128. The summed E-state index contributed by atoms with van der Waals surface area (Å²) in [6.45, 7) is 6.63. The van der Waals surface area contributed by atoms with Crippen molar-refractivity contribution in [2.24, 2.45) is 5.41 Å². The summed E-state index contributed by atoms with van der Waals surface area (Å²) in [5.41, 5.74) is 3.03. The van der Waals surface area contributed by atoms with Crippen molar-refractivity contribution >= 4 is 25.4 Å². The molecule has 4 aromatic rings. The van der Waals surface area contributed by atoms with E-state index in [4.69, 9.17) is 13.9 Å². The van der Waals surface area contributed by atoms with E-state index in [1.54, 1.807) is 19.2 Å². The Bertz CT molecular complexity index is 1270. The van der Waals surface area contributed by atoms with Crippen LogP contribution in [0.1, 0.15) is 42.8 Å². The van der Waals surface area contributed by atoms with Crippen LogP contribution in [0.3, 0.4) is 0 Å². The van der Waals surface area contributed by atoms with Gasteiger partial charge < -0.3 is 13.9 Å². The van der Waals surface area contributed by atoms with E-state index >= 15 is 0 Å². The molecule has 1 unspecified atom stereocenters. The summed E-state index contributed by atoms with van der Waals surface area (Å²) in [6, 6.07) is 34.7. The number of carbonyl (C=O) groups is 1. The third-order valence-corrected chi connectivity index (χ3v) is 8.94. The van der Waals surface area contributed by atoms with E-state index in [1.807, 2.05) is 30.3 Å². The fourth-order valence-corrected chi connectivity index (χ4v) is 7.31. The van der Waals surface area contributed by atoms with Crippen LogP contribution in [0.25, 0.3) is 11.1 Å². The van der Waals surface area contributed by atoms with E-state index in [0.29, 0.717) is 11.3 Å². The van der Waals surface area contributed by atoms with Crippen molar-refractivity contribution in [2.75, 3.05) is 14.2 Å². The Morgan fingerprint density at radius 2 is 1.30 bits per heavy atom. The zero-order valence-electron chi connectivity index (χ0n) is 22.1. The molecule has 0 aliphatic rings. The van der Waals surface area contributed by atoms with Crippen LogP contribution >= 0.6 is 0 Å². The number of methoxy groups -OCH3 is 2. The summed E-state index contributed by atoms with van der Waals surface area (Å²) < 4.78 is 17.7. The van der Waals surface area contributed by atoms with Crippen LogP contribution in [0.2, 0.25) is 0 Å². The van der Waals surface area contributed by atoms with Crippen LogP contribution in [0.4, 0.5) is 0 Å². The van der Waals surface area contributed by atoms with Gasteiger partial charge in [-0.2, -0.15) is 0 Å². The largest absolute Gasteiger partial charge is 0.496 e. The molecule has 0 saturated carbocycles. The van der Waals surface area contributed by atoms with Gasteiger partial charge in [0.1, 0.15) is 5.75 Å². The Morgan fingerprint density at radius 1 is 0.730 bits per heavy atom. The first-order valence-electron chi connectivity index (χ1n) is 12.4. The fraction of sp³-hybridized carbons (Fsp3) is 0.219. The number of esters is 1. The van der Waals surface area contributed by atoms with Crippen LogP contribution in [0.15, 0.2) is 103 Å². The SMILES string of the molecule is COC(=O)c1cccc(OC)c1-c1ccc(C(O[SiH](c2ccccc2)c2ccccc2)C(C)(C)C)cc1. The van der Waals surface area contributed by atoms with Gasteiger partial charge in [-0.15, -0.1) is 0 Å². The lowest BCUT2D eigenvalue weighted by molar-refractivity contribution is 0.0601. The van der Waals surface area contributed by atoms with E-state index in [1.165, 1.54) is 17.5 Å².